The third-order valence-electron chi connectivity index (χ3n) is 4.94. The van der Waals surface area contributed by atoms with E-state index in [1.54, 1.807) is 6.07 Å². The summed E-state index contributed by atoms with van der Waals surface area (Å²) >= 11 is 0. The first-order valence-corrected chi connectivity index (χ1v) is 8.45. The molecule has 0 spiro atoms. The van der Waals surface area contributed by atoms with Gasteiger partial charge >= 0.3 is 5.69 Å². The van der Waals surface area contributed by atoms with Gasteiger partial charge in [0.1, 0.15) is 11.3 Å². The summed E-state index contributed by atoms with van der Waals surface area (Å²) in [4.78, 5) is 53.6. The molecule has 0 radical (unpaired) electrons. The molecule has 1 aliphatic rings. The van der Waals surface area contributed by atoms with Crippen molar-refractivity contribution in [2.75, 3.05) is 11.4 Å². The highest BCUT2D eigenvalue weighted by atomic mass is 16.6. The van der Waals surface area contributed by atoms with Gasteiger partial charge in [-0.15, -0.1) is 0 Å². The monoisotopic (exact) mass is 381 g/mol. The minimum Gasteiger partial charge on any atom is -0.306 e. The number of nitro groups is 1. The van der Waals surface area contributed by atoms with E-state index in [0.717, 1.165) is 4.57 Å². The number of anilines is 1. The molecule has 1 aliphatic heterocycles. The van der Waals surface area contributed by atoms with Crippen molar-refractivity contribution >= 4 is 28.3 Å². The van der Waals surface area contributed by atoms with Crippen molar-refractivity contribution in [3.8, 4) is 0 Å². The lowest BCUT2D eigenvalue weighted by molar-refractivity contribution is -0.384. The fourth-order valence-electron chi connectivity index (χ4n) is 3.42. The van der Waals surface area contributed by atoms with Crippen LogP contribution < -0.4 is 16.1 Å². The average molecular weight is 381 g/mol. The summed E-state index contributed by atoms with van der Waals surface area (Å²) in [5, 5.41) is 11.2. The molecule has 0 atom stereocenters. The van der Waals surface area contributed by atoms with Crippen LogP contribution in [0.2, 0.25) is 0 Å². The molecule has 1 aromatic carbocycles. The van der Waals surface area contributed by atoms with Crippen molar-refractivity contribution in [2.45, 2.75) is 6.42 Å². The number of carbonyl (C=O) groups excluding carboxylic acids is 1. The SMILES string of the molecule is Cn1c(=O)c2ccc(C(=O)N3CCc4cc([N+](=O)[O-])ccc43)nc2n(C)c1=O. The van der Waals surface area contributed by atoms with Crippen molar-refractivity contribution in [1.82, 2.24) is 14.1 Å². The maximum Gasteiger partial charge on any atom is 0.332 e. The third-order valence-corrected chi connectivity index (χ3v) is 4.94. The molecule has 0 N–H and O–H groups in total. The van der Waals surface area contributed by atoms with Crippen LogP contribution in [-0.4, -0.2) is 31.5 Å². The van der Waals surface area contributed by atoms with E-state index in [1.165, 1.54) is 47.8 Å². The van der Waals surface area contributed by atoms with Crippen LogP contribution >= 0.6 is 0 Å². The fourth-order valence-corrected chi connectivity index (χ4v) is 3.42. The Morgan fingerprint density at radius 3 is 2.61 bits per heavy atom. The molecule has 142 valence electrons. The number of carbonyl (C=O) groups is 1. The predicted molar refractivity (Wildman–Crippen MR) is 101 cm³/mol. The molecule has 4 rings (SSSR count). The molecule has 28 heavy (non-hydrogen) atoms. The van der Waals surface area contributed by atoms with E-state index in [1.807, 2.05) is 0 Å². The number of amides is 1. The van der Waals surface area contributed by atoms with Crippen molar-refractivity contribution < 1.29 is 9.72 Å². The number of nitrogens with zero attached hydrogens (tertiary/aromatic N) is 5. The summed E-state index contributed by atoms with van der Waals surface area (Å²) in [6, 6.07) is 7.28. The zero-order valence-corrected chi connectivity index (χ0v) is 15.1. The largest absolute Gasteiger partial charge is 0.332 e. The number of pyridine rings is 1. The van der Waals surface area contributed by atoms with Crippen LogP contribution in [0.15, 0.2) is 39.9 Å². The van der Waals surface area contributed by atoms with Crippen molar-refractivity contribution in [3.05, 3.63) is 72.5 Å². The highest BCUT2D eigenvalue weighted by molar-refractivity contribution is 6.06. The summed E-state index contributed by atoms with van der Waals surface area (Å²) in [6.45, 7) is 0.366. The van der Waals surface area contributed by atoms with Crippen molar-refractivity contribution in [1.29, 1.82) is 0 Å². The Morgan fingerprint density at radius 1 is 1.14 bits per heavy atom. The molecule has 1 amide bonds. The molecule has 0 aliphatic carbocycles. The summed E-state index contributed by atoms with van der Waals surface area (Å²) in [5.74, 6) is -0.400. The Balaban J connectivity index is 1.78. The van der Waals surface area contributed by atoms with Gasteiger partial charge in [0.25, 0.3) is 17.2 Å². The minimum absolute atomic E-state index is 0.0253. The van der Waals surface area contributed by atoms with E-state index in [4.69, 9.17) is 0 Å². The summed E-state index contributed by atoms with van der Waals surface area (Å²) in [7, 11) is 2.86. The smallest absolute Gasteiger partial charge is 0.306 e. The third kappa shape index (κ3) is 2.49. The Kier molecular flexibility index (Phi) is 3.84. The normalized spacial score (nSPS) is 13.0. The number of fused-ring (bicyclic) bond motifs is 2. The molecule has 0 saturated heterocycles. The predicted octanol–water partition coefficient (Wildman–Crippen LogP) is 0.743. The van der Waals surface area contributed by atoms with E-state index in [2.05, 4.69) is 4.98 Å². The van der Waals surface area contributed by atoms with Crippen LogP contribution in [0.4, 0.5) is 11.4 Å². The van der Waals surface area contributed by atoms with Gasteiger partial charge in [-0.2, -0.15) is 0 Å². The highest BCUT2D eigenvalue weighted by Gasteiger charge is 2.28. The number of rotatable bonds is 2. The second-order valence-electron chi connectivity index (χ2n) is 6.55. The van der Waals surface area contributed by atoms with Gasteiger partial charge in [-0.05, 0) is 30.2 Å². The van der Waals surface area contributed by atoms with E-state index in [9.17, 15) is 24.5 Å². The lowest BCUT2D eigenvalue weighted by Crippen LogP contribution is -2.37. The topological polar surface area (TPSA) is 120 Å². The maximum atomic E-state index is 13.0. The van der Waals surface area contributed by atoms with Crippen molar-refractivity contribution in [3.63, 3.8) is 0 Å². The standard InChI is InChI=1S/C18H15N5O5/c1-20-15-12(16(24)21(2)18(20)26)4-5-13(19-15)17(25)22-8-7-10-9-11(23(27)28)3-6-14(10)22/h3-6,9H,7-8H2,1-2H3. The number of non-ortho nitro benzene ring substituents is 1. The molecule has 0 unspecified atom stereocenters. The summed E-state index contributed by atoms with van der Waals surface area (Å²) in [6.07, 6.45) is 0.495. The number of hydrogen-bond donors (Lipinski definition) is 0. The Bertz CT molecular complexity index is 1290. The molecule has 3 heterocycles. The molecule has 2 aromatic heterocycles. The van der Waals surface area contributed by atoms with Crippen LogP contribution in [0.3, 0.4) is 0 Å². The number of hydrogen-bond acceptors (Lipinski definition) is 6. The average Bonchev–Trinajstić information content (AvgIpc) is 3.12. The molecule has 3 aromatic rings. The van der Waals surface area contributed by atoms with Crippen molar-refractivity contribution in [2.24, 2.45) is 14.1 Å². The van der Waals surface area contributed by atoms with Gasteiger partial charge in [0.2, 0.25) is 0 Å². The Morgan fingerprint density at radius 2 is 1.89 bits per heavy atom. The first-order valence-electron chi connectivity index (χ1n) is 8.45. The van der Waals surface area contributed by atoms with E-state index < -0.39 is 22.1 Å². The summed E-state index contributed by atoms with van der Waals surface area (Å²) < 4.78 is 2.20. The second kappa shape index (κ2) is 6.12. The van der Waals surface area contributed by atoms with E-state index >= 15 is 0 Å². The quantitative estimate of drug-likeness (QED) is 0.477. The molecule has 0 saturated carbocycles. The van der Waals surface area contributed by atoms with Gasteiger partial charge in [0, 0.05) is 38.5 Å². The van der Waals surface area contributed by atoms with Crippen LogP contribution in [0.25, 0.3) is 11.0 Å². The second-order valence-corrected chi connectivity index (χ2v) is 6.55. The van der Waals surface area contributed by atoms with Gasteiger partial charge in [-0.1, -0.05) is 0 Å². The number of aromatic nitrogens is 3. The molecule has 10 heteroatoms. The zero-order valence-electron chi connectivity index (χ0n) is 15.1. The fraction of sp³-hybridized carbons (Fsp3) is 0.222. The minimum atomic E-state index is -0.534. The van der Waals surface area contributed by atoms with Gasteiger partial charge in [-0.3, -0.25) is 28.8 Å². The van der Waals surface area contributed by atoms with Crippen LogP contribution in [-0.2, 0) is 20.5 Å². The summed E-state index contributed by atoms with van der Waals surface area (Å²) in [5.41, 5.74) is 0.476. The highest BCUT2D eigenvalue weighted by Crippen LogP contribution is 2.32. The van der Waals surface area contributed by atoms with Gasteiger partial charge in [-0.25, -0.2) is 9.78 Å². The first-order chi connectivity index (χ1) is 13.3. The molecular weight excluding hydrogens is 366 g/mol. The Labute approximate surface area is 157 Å². The lowest BCUT2D eigenvalue weighted by Gasteiger charge is -2.17. The van der Waals surface area contributed by atoms with E-state index in [0.29, 0.717) is 24.2 Å². The van der Waals surface area contributed by atoms with Crippen LogP contribution in [0.5, 0.6) is 0 Å². The number of aryl methyl sites for hydroxylation is 1. The van der Waals surface area contributed by atoms with Gasteiger partial charge in [0.15, 0.2) is 0 Å². The number of nitro benzene ring substituents is 1. The first kappa shape index (κ1) is 17.6. The molecule has 0 bridgehead atoms. The zero-order chi connectivity index (χ0) is 20.2. The molecule has 0 fully saturated rings. The Hall–Kier alpha value is -3.82. The number of benzene rings is 1. The van der Waals surface area contributed by atoms with Crippen LogP contribution in [0.1, 0.15) is 16.1 Å². The lowest BCUT2D eigenvalue weighted by atomic mass is 10.1. The van der Waals surface area contributed by atoms with Crippen LogP contribution in [0, 0.1) is 10.1 Å². The van der Waals surface area contributed by atoms with Gasteiger partial charge < -0.3 is 4.90 Å². The van der Waals surface area contributed by atoms with E-state index in [-0.39, 0.29) is 22.4 Å². The molecular formula is C18H15N5O5. The maximum absolute atomic E-state index is 13.0. The molecule has 10 nitrogen and oxygen atoms in total. The van der Waals surface area contributed by atoms with Gasteiger partial charge in [0.05, 0.1) is 10.3 Å².